The molecule has 1 fully saturated rings. The summed E-state index contributed by atoms with van der Waals surface area (Å²) in [5, 5.41) is 0.353. The molecule has 1 aliphatic heterocycles. The summed E-state index contributed by atoms with van der Waals surface area (Å²) in [7, 11) is 3.43. The standard InChI is InChI=1S/C14H17Cl2FN2O2/c1-18(2)14(20)8-19-3-4-21-13(7-19)9-5-12(17)11(16)6-10(9)15/h5-6,13H,3-4,7-8H2,1-2H3. The van der Waals surface area contributed by atoms with Crippen LogP contribution in [0.3, 0.4) is 0 Å². The number of likely N-dealkylation sites (N-methyl/N-ethyl adjacent to an activating group) is 1. The van der Waals surface area contributed by atoms with Crippen LogP contribution in [-0.2, 0) is 9.53 Å². The fourth-order valence-electron chi connectivity index (χ4n) is 2.15. The van der Waals surface area contributed by atoms with E-state index in [1.54, 1.807) is 19.0 Å². The van der Waals surface area contributed by atoms with Crippen molar-refractivity contribution >= 4 is 29.1 Å². The first-order valence-corrected chi connectivity index (χ1v) is 7.32. The second-order valence-electron chi connectivity index (χ2n) is 5.17. The summed E-state index contributed by atoms with van der Waals surface area (Å²) in [6.45, 7) is 1.91. The molecule has 0 spiro atoms. The van der Waals surface area contributed by atoms with Crippen molar-refractivity contribution in [2.45, 2.75) is 6.10 Å². The molecule has 1 atom stereocenters. The molecule has 7 heteroatoms. The molecule has 4 nitrogen and oxygen atoms in total. The van der Waals surface area contributed by atoms with Gasteiger partial charge in [0.25, 0.3) is 0 Å². The molecule has 0 radical (unpaired) electrons. The molecule has 1 unspecified atom stereocenters. The van der Waals surface area contributed by atoms with Gasteiger partial charge < -0.3 is 9.64 Å². The van der Waals surface area contributed by atoms with Crippen molar-refractivity contribution in [3.05, 3.63) is 33.6 Å². The maximum Gasteiger partial charge on any atom is 0.236 e. The van der Waals surface area contributed by atoms with Gasteiger partial charge in [-0.15, -0.1) is 0 Å². The quantitative estimate of drug-likeness (QED) is 0.796. The highest BCUT2D eigenvalue weighted by Gasteiger charge is 2.26. The van der Waals surface area contributed by atoms with E-state index in [0.717, 1.165) is 0 Å². The molecule has 1 aromatic carbocycles. The Morgan fingerprint density at radius 3 is 2.81 bits per heavy atom. The molecule has 1 aliphatic rings. The van der Waals surface area contributed by atoms with Crippen molar-refractivity contribution in [3.63, 3.8) is 0 Å². The molecule has 1 heterocycles. The number of hydrogen-bond acceptors (Lipinski definition) is 3. The van der Waals surface area contributed by atoms with Gasteiger partial charge in [-0.3, -0.25) is 9.69 Å². The highest BCUT2D eigenvalue weighted by molar-refractivity contribution is 6.35. The molecular weight excluding hydrogens is 318 g/mol. The largest absolute Gasteiger partial charge is 0.371 e. The van der Waals surface area contributed by atoms with E-state index < -0.39 is 5.82 Å². The predicted molar refractivity (Wildman–Crippen MR) is 80.2 cm³/mol. The predicted octanol–water partition coefficient (Wildman–Crippen LogP) is 2.59. The summed E-state index contributed by atoms with van der Waals surface area (Å²) in [6, 6.07) is 2.67. The average Bonchev–Trinajstić information content (AvgIpc) is 2.43. The van der Waals surface area contributed by atoms with E-state index in [0.29, 0.717) is 36.8 Å². The Kier molecular flexibility index (Phi) is 5.43. The molecular formula is C14H17Cl2FN2O2. The lowest BCUT2D eigenvalue weighted by Gasteiger charge is -2.33. The molecule has 2 rings (SSSR count). The summed E-state index contributed by atoms with van der Waals surface area (Å²) in [6.07, 6.45) is -0.368. The average molecular weight is 335 g/mol. The van der Waals surface area contributed by atoms with Crippen molar-refractivity contribution in [3.8, 4) is 0 Å². The van der Waals surface area contributed by atoms with Crippen molar-refractivity contribution in [2.75, 3.05) is 40.3 Å². The number of rotatable bonds is 3. The third kappa shape index (κ3) is 4.07. The van der Waals surface area contributed by atoms with Crippen LogP contribution in [0.4, 0.5) is 4.39 Å². The van der Waals surface area contributed by atoms with Crippen LogP contribution in [0.5, 0.6) is 0 Å². The maximum atomic E-state index is 13.6. The Morgan fingerprint density at radius 1 is 1.43 bits per heavy atom. The second kappa shape index (κ2) is 6.92. The van der Waals surface area contributed by atoms with Gasteiger partial charge in [0.1, 0.15) is 5.82 Å². The van der Waals surface area contributed by atoms with E-state index in [-0.39, 0.29) is 17.0 Å². The van der Waals surface area contributed by atoms with Gasteiger partial charge in [-0.25, -0.2) is 4.39 Å². The topological polar surface area (TPSA) is 32.8 Å². The molecule has 1 amide bonds. The van der Waals surface area contributed by atoms with E-state index in [1.165, 1.54) is 12.1 Å². The van der Waals surface area contributed by atoms with Crippen LogP contribution < -0.4 is 0 Å². The van der Waals surface area contributed by atoms with E-state index in [9.17, 15) is 9.18 Å². The highest BCUT2D eigenvalue weighted by Crippen LogP contribution is 2.32. The number of benzene rings is 1. The Bertz CT molecular complexity index is 540. The lowest BCUT2D eigenvalue weighted by atomic mass is 10.1. The number of carbonyl (C=O) groups is 1. The van der Waals surface area contributed by atoms with Crippen LogP contribution in [0.1, 0.15) is 11.7 Å². The number of morpholine rings is 1. The molecule has 0 saturated carbocycles. The van der Waals surface area contributed by atoms with Crippen molar-refractivity contribution in [1.29, 1.82) is 0 Å². The van der Waals surface area contributed by atoms with E-state index in [2.05, 4.69) is 0 Å². The Labute approximate surface area is 133 Å². The third-order valence-electron chi connectivity index (χ3n) is 3.39. The normalized spacial score (nSPS) is 19.6. The number of amides is 1. The minimum absolute atomic E-state index is 0.0146. The summed E-state index contributed by atoms with van der Waals surface area (Å²) in [4.78, 5) is 15.3. The molecule has 1 saturated heterocycles. The summed E-state index contributed by atoms with van der Waals surface area (Å²) in [5.41, 5.74) is 0.556. The Morgan fingerprint density at radius 2 is 2.14 bits per heavy atom. The Hall–Kier alpha value is -0.880. The van der Waals surface area contributed by atoms with Crippen molar-refractivity contribution in [2.24, 2.45) is 0 Å². The molecule has 0 aliphatic carbocycles. The van der Waals surface area contributed by atoms with Crippen LogP contribution in [0, 0.1) is 5.82 Å². The number of hydrogen-bond donors (Lipinski definition) is 0. The molecule has 0 N–H and O–H groups in total. The number of carbonyl (C=O) groups excluding carboxylic acids is 1. The van der Waals surface area contributed by atoms with E-state index >= 15 is 0 Å². The first-order valence-electron chi connectivity index (χ1n) is 6.57. The van der Waals surface area contributed by atoms with Gasteiger partial charge >= 0.3 is 0 Å². The molecule has 0 aromatic heterocycles. The molecule has 21 heavy (non-hydrogen) atoms. The lowest BCUT2D eigenvalue weighted by Crippen LogP contribution is -2.44. The minimum atomic E-state index is -0.527. The summed E-state index contributed by atoms with van der Waals surface area (Å²) in [5.74, 6) is -0.509. The van der Waals surface area contributed by atoms with Crippen LogP contribution >= 0.6 is 23.2 Å². The monoisotopic (exact) mass is 334 g/mol. The Balaban J connectivity index is 2.11. The third-order valence-corrected chi connectivity index (χ3v) is 4.01. The zero-order valence-electron chi connectivity index (χ0n) is 11.9. The van der Waals surface area contributed by atoms with Gasteiger partial charge in [-0.2, -0.15) is 0 Å². The number of halogens is 3. The van der Waals surface area contributed by atoms with Gasteiger partial charge in [0, 0.05) is 37.8 Å². The van der Waals surface area contributed by atoms with Gasteiger partial charge in [-0.05, 0) is 12.1 Å². The van der Waals surface area contributed by atoms with Gasteiger partial charge in [-0.1, -0.05) is 23.2 Å². The number of nitrogens with zero attached hydrogens (tertiary/aromatic N) is 2. The van der Waals surface area contributed by atoms with E-state index in [1.807, 2.05) is 4.90 Å². The maximum absolute atomic E-state index is 13.6. The lowest BCUT2D eigenvalue weighted by molar-refractivity contribution is -0.132. The van der Waals surface area contributed by atoms with Crippen molar-refractivity contribution in [1.82, 2.24) is 9.80 Å². The summed E-state index contributed by atoms with van der Waals surface area (Å²) < 4.78 is 19.3. The molecule has 1 aromatic rings. The first kappa shape index (κ1) is 16.5. The van der Waals surface area contributed by atoms with Crippen LogP contribution in [0.15, 0.2) is 12.1 Å². The fourth-order valence-corrected chi connectivity index (χ4v) is 2.66. The highest BCUT2D eigenvalue weighted by atomic mass is 35.5. The van der Waals surface area contributed by atoms with Crippen LogP contribution in [0.25, 0.3) is 0 Å². The van der Waals surface area contributed by atoms with Crippen LogP contribution in [0.2, 0.25) is 10.0 Å². The van der Waals surface area contributed by atoms with Crippen molar-refractivity contribution < 1.29 is 13.9 Å². The SMILES string of the molecule is CN(C)C(=O)CN1CCOC(c2cc(F)c(Cl)cc2Cl)C1. The smallest absolute Gasteiger partial charge is 0.236 e. The van der Waals surface area contributed by atoms with Gasteiger partial charge in [0.05, 0.1) is 24.3 Å². The van der Waals surface area contributed by atoms with Gasteiger partial charge in [0.15, 0.2) is 0 Å². The fraction of sp³-hybridized carbons (Fsp3) is 0.500. The number of ether oxygens (including phenoxy) is 1. The van der Waals surface area contributed by atoms with E-state index in [4.69, 9.17) is 27.9 Å². The summed E-state index contributed by atoms with van der Waals surface area (Å²) >= 11 is 11.8. The zero-order valence-corrected chi connectivity index (χ0v) is 13.4. The van der Waals surface area contributed by atoms with Crippen LogP contribution in [-0.4, -0.2) is 56.0 Å². The molecule has 116 valence electrons. The minimum Gasteiger partial charge on any atom is -0.371 e. The zero-order chi connectivity index (χ0) is 15.6. The first-order chi connectivity index (χ1) is 9.88. The second-order valence-corrected chi connectivity index (χ2v) is 5.98. The molecule has 0 bridgehead atoms. The van der Waals surface area contributed by atoms with Gasteiger partial charge in [0.2, 0.25) is 5.91 Å².